The summed E-state index contributed by atoms with van der Waals surface area (Å²) in [5, 5.41) is 2.56. The quantitative estimate of drug-likeness (QED) is 0.378. The summed E-state index contributed by atoms with van der Waals surface area (Å²) in [5.41, 5.74) is 0. The summed E-state index contributed by atoms with van der Waals surface area (Å²) in [4.78, 5) is 8.41. The zero-order valence-corrected chi connectivity index (χ0v) is 20.6. The van der Waals surface area contributed by atoms with Crippen molar-refractivity contribution in [3.8, 4) is 0 Å². The Morgan fingerprint density at radius 2 is 1.41 bits per heavy atom. The molecule has 10 heteroatoms. The van der Waals surface area contributed by atoms with Gasteiger partial charge in [-0.1, -0.05) is 37.6 Å². The summed E-state index contributed by atoms with van der Waals surface area (Å²) in [7, 11) is -6.31. The number of pyridine rings is 2. The topological polar surface area (TPSA) is 109 Å². The third-order valence-electron chi connectivity index (χ3n) is 5.70. The molecule has 2 aromatic carbocycles. The predicted octanol–water partition coefficient (Wildman–Crippen LogP) is 3.55. The van der Waals surface area contributed by atoms with Crippen molar-refractivity contribution in [2.75, 3.05) is 13.6 Å². The van der Waals surface area contributed by atoms with E-state index in [1.807, 2.05) is 6.92 Å². The van der Waals surface area contributed by atoms with Gasteiger partial charge in [0, 0.05) is 66.0 Å². The molecule has 0 radical (unpaired) electrons. The van der Waals surface area contributed by atoms with E-state index in [4.69, 9.17) is 0 Å². The van der Waals surface area contributed by atoms with Crippen molar-refractivity contribution in [2.45, 2.75) is 35.6 Å². The number of nitrogens with zero attached hydrogens (tertiary/aromatic N) is 3. The molecular weight excluding hydrogens is 472 g/mol. The van der Waals surface area contributed by atoms with E-state index < -0.39 is 26.1 Å². The number of fused-ring (bicyclic) bond motifs is 2. The van der Waals surface area contributed by atoms with E-state index in [0.29, 0.717) is 34.4 Å². The highest BCUT2D eigenvalue weighted by atomic mass is 32.2. The summed E-state index contributed by atoms with van der Waals surface area (Å²) in [5.74, 6) is 0. The van der Waals surface area contributed by atoms with Crippen molar-refractivity contribution in [1.29, 1.82) is 0 Å². The third kappa shape index (κ3) is 4.80. The number of hydrogen-bond donors (Lipinski definition) is 1. The largest absolute Gasteiger partial charge is 0.264 e. The zero-order valence-electron chi connectivity index (χ0n) is 18.9. The van der Waals surface area contributed by atoms with Crippen LogP contribution in [0.3, 0.4) is 0 Å². The molecule has 0 fully saturated rings. The molecule has 0 aliphatic heterocycles. The minimum Gasteiger partial charge on any atom is -0.264 e. The van der Waals surface area contributed by atoms with Crippen LogP contribution in [0, 0.1) is 0 Å². The average Bonchev–Trinajstić information content (AvgIpc) is 2.83. The molecule has 0 aliphatic rings. The highest BCUT2D eigenvalue weighted by molar-refractivity contribution is 7.90. The maximum absolute atomic E-state index is 13.4. The number of sulfonamides is 2. The lowest BCUT2D eigenvalue weighted by Gasteiger charge is -2.25. The van der Waals surface area contributed by atoms with Crippen molar-refractivity contribution in [2.24, 2.45) is 0 Å². The zero-order chi connectivity index (χ0) is 24.3. The van der Waals surface area contributed by atoms with Crippen LogP contribution in [0.15, 0.2) is 83.1 Å². The Labute approximate surface area is 199 Å². The van der Waals surface area contributed by atoms with E-state index in [-0.39, 0.29) is 16.3 Å². The van der Waals surface area contributed by atoms with Gasteiger partial charge in [-0.2, -0.15) is 4.31 Å². The van der Waals surface area contributed by atoms with Crippen molar-refractivity contribution in [1.82, 2.24) is 19.0 Å². The number of hydrogen-bond acceptors (Lipinski definition) is 6. The Balaban J connectivity index is 1.63. The van der Waals surface area contributed by atoms with Crippen LogP contribution < -0.4 is 4.72 Å². The fourth-order valence-electron chi connectivity index (χ4n) is 4.04. The molecule has 0 bridgehead atoms. The van der Waals surface area contributed by atoms with Crippen LogP contribution in [0.1, 0.15) is 19.8 Å². The summed E-state index contributed by atoms with van der Waals surface area (Å²) < 4.78 is 57.4. The van der Waals surface area contributed by atoms with Crippen LogP contribution in [-0.2, 0) is 20.0 Å². The first-order valence-electron chi connectivity index (χ1n) is 10.9. The Hall–Kier alpha value is -2.92. The van der Waals surface area contributed by atoms with Gasteiger partial charge in [0.05, 0.1) is 9.79 Å². The second kappa shape index (κ2) is 9.75. The number of likely N-dealkylation sites (N-methyl/N-ethyl adjacent to an activating group) is 1. The van der Waals surface area contributed by atoms with Crippen molar-refractivity contribution in [3.63, 3.8) is 0 Å². The first-order chi connectivity index (χ1) is 16.2. The predicted molar refractivity (Wildman–Crippen MR) is 132 cm³/mol. The molecule has 0 spiro atoms. The molecule has 4 aromatic rings. The fraction of sp³-hybridized carbons (Fsp3) is 0.250. The van der Waals surface area contributed by atoms with E-state index >= 15 is 0 Å². The van der Waals surface area contributed by atoms with Gasteiger partial charge in [0.15, 0.2) is 0 Å². The summed E-state index contributed by atoms with van der Waals surface area (Å²) in [6.45, 7) is 1.92. The second-order valence-electron chi connectivity index (χ2n) is 8.10. The van der Waals surface area contributed by atoms with Crippen molar-refractivity contribution in [3.05, 3.63) is 73.3 Å². The molecular formula is C24H26N4O4S2. The van der Waals surface area contributed by atoms with Crippen molar-refractivity contribution >= 4 is 41.6 Å². The van der Waals surface area contributed by atoms with E-state index in [2.05, 4.69) is 14.7 Å². The average molecular weight is 499 g/mol. The molecule has 4 rings (SSSR count). The molecule has 0 saturated heterocycles. The second-order valence-corrected chi connectivity index (χ2v) is 11.8. The van der Waals surface area contributed by atoms with E-state index in [0.717, 1.165) is 0 Å². The first kappa shape index (κ1) is 24.2. The normalized spacial score (nSPS) is 13.5. The number of nitrogens with one attached hydrogen (secondary N) is 1. The van der Waals surface area contributed by atoms with Gasteiger partial charge < -0.3 is 0 Å². The number of benzene rings is 2. The van der Waals surface area contributed by atoms with Crippen LogP contribution in [0.4, 0.5) is 0 Å². The number of rotatable bonds is 9. The molecule has 178 valence electrons. The van der Waals surface area contributed by atoms with Gasteiger partial charge in [-0.25, -0.2) is 21.6 Å². The molecule has 0 amide bonds. The molecule has 8 nitrogen and oxygen atoms in total. The summed E-state index contributed by atoms with van der Waals surface area (Å²) in [6.07, 6.45) is 7.48. The van der Waals surface area contributed by atoms with Gasteiger partial charge in [-0.05, 0) is 30.7 Å². The van der Waals surface area contributed by atoms with Gasteiger partial charge >= 0.3 is 0 Å². The minimum absolute atomic E-state index is 0.0107. The highest BCUT2D eigenvalue weighted by Gasteiger charge is 2.28. The highest BCUT2D eigenvalue weighted by Crippen LogP contribution is 2.26. The van der Waals surface area contributed by atoms with Crippen LogP contribution >= 0.6 is 0 Å². The van der Waals surface area contributed by atoms with Gasteiger partial charge in [0.25, 0.3) is 0 Å². The Morgan fingerprint density at radius 1 is 0.853 bits per heavy atom. The van der Waals surface area contributed by atoms with Crippen LogP contribution in [0.25, 0.3) is 21.5 Å². The van der Waals surface area contributed by atoms with Gasteiger partial charge in [-0.3, -0.25) is 9.97 Å². The monoisotopic (exact) mass is 498 g/mol. The lowest BCUT2D eigenvalue weighted by molar-refractivity contribution is 0.403. The maximum atomic E-state index is 13.4. The Morgan fingerprint density at radius 3 is 2.00 bits per heavy atom. The van der Waals surface area contributed by atoms with Gasteiger partial charge in [0.2, 0.25) is 20.0 Å². The molecule has 2 heterocycles. The minimum atomic E-state index is -3.91. The molecule has 0 aliphatic carbocycles. The SMILES string of the molecule is CCCC(CN(C)S(=O)(=O)c1cccc2cnccc12)NS(=O)(=O)c1cccc2cnccc12. The molecule has 1 atom stereocenters. The maximum Gasteiger partial charge on any atom is 0.243 e. The first-order valence-corrected chi connectivity index (χ1v) is 13.8. The van der Waals surface area contributed by atoms with Gasteiger partial charge in [-0.15, -0.1) is 0 Å². The smallest absolute Gasteiger partial charge is 0.243 e. The van der Waals surface area contributed by atoms with Gasteiger partial charge in [0.1, 0.15) is 0 Å². The molecule has 1 N–H and O–H groups in total. The Bertz CT molecular complexity index is 1530. The lowest BCUT2D eigenvalue weighted by atomic mass is 10.2. The Kier molecular flexibility index (Phi) is 6.94. The standard InChI is InChI=1S/C24H26N4O4S2/c1-3-6-20(27-33(29,30)23-9-4-7-18-15-25-13-11-21(18)23)17-28(2)34(31,32)24-10-5-8-19-16-26-14-12-22(19)24/h4-5,7-16,20,27H,3,6,17H2,1-2H3. The fourth-order valence-corrected chi connectivity index (χ4v) is 6.96. The molecule has 34 heavy (non-hydrogen) atoms. The van der Waals surface area contributed by atoms with E-state index in [1.165, 1.54) is 17.4 Å². The van der Waals surface area contributed by atoms with Crippen LogP contribution in [0.5, 0.6) is 0 Å². The van der Waals surface area contributed by atoms with Crippen LogP contribution in [0.2, 0.25) is 0 Å². The number of aromatic nitrogens is 2. The molecule has 2 aromatic heterocycles. The summed E-state index contributed by atoms with van der Waals surface area (Å²) >= 11 is 0. The third-order valence-corrected chi connectivity index (χ3v) is 9.16. The van der Waals surface area contributed by atoms with Crippen LogP contribution in [-0.4, -0.2) is 50.7 Å². The van der Waals surface area contributed by atoms with E-state index in [9.17, 15) is 16.8 Å². The van der Waals surface area contributed by atoms with Crippen molar-refractivity contribution < 1.29 is 16.8 Å². The molecule has 1 unspecified atom stereocenters. The lowest BCUT2D eigenvalue weighted by Crippen LogP contribution is -2.44. The molecule has 0 saturated carbocycles. The van der Waals surface area contributed by atoms with E-state index in [1.54, 1.807) is 67.3 Å². The summed E-state index contributed by atoms with van der Waals surface area (Å²) in [6, 6.07) is 12.7.